The molecule has 278 valence electrons. The minimum Gasteiger partial charge on any atom is -0.308 e. The number of benzene rings is 7. The second-order valence-electron chi connectivity index (χ2n) is 16.8. The SMILES string of the molecule is C[C@@H]1CCC2c3cccc4c3C3=C(C=CC(c5ccc(N(c6ccccc6-c6ccccc6)c6cccc7c6sc6ccccc67)cc5)=CC3)c3cccc-4c3C2C1. The van der Waals surface area contributed by atoms with E-state index in [1.165, 1.54) is 106 Å². The first kappa shape index (κ1) is 33.9. The second-order valence-corrected chi connectivity index (χ2v) is 17.8. The molecule has 0 spiro atoms. The Hall–Kier alpha value is -6.22. The van der Waals surface area contributed by atoms with Crippen LogP contribution in [-0.4, -0.2) is 0 Å². The number of para-hydroxylation sites is 1. The molecule has 0 N–H and O–H groups in total. The summed E-state index contributed by atoms with van der Waals surface area (Å²) in [4.78, 5) is 2.48. The zero-order chi connectivity index (χ0) is 38.3. The van der Waals surface area contributed by atoms with Gasteiger partial charge in [-0.2, -0.15) is 0 Å². The Balaban J connectivity index is 0.973. The summed E-state index contributed by atoms with van der Waals surface area (Å²) in [6.45, 7) is 2.47. The number of hydrogen-bond donors (Lipinski definition) is 0. The van der Waals surface area contributed by atoms with Gasteiger partial charge in [-0.05, 0) is 129 Å². The van der Waals surface area contributed by atoms with Crippen LogP contribution in [0.5, 0.6) is 0 Å². The third-order valence-corrected chi connectivity index (χ3v) is 14.8. The van der Waals surface area contributed by atoms with Crippen molar-refractivity contribution in [2.75, 3.05) is 4.90 Å². The van der Waals surface area contributed by atoms with Crippen LogP contribution in [0.3, 0.4) is 0 Å². The van der Waals surface area contributed by atoms with E-state index in [0.29, 0.717) is 11.8 Å². The predicted molar refractivity (Wildman–Crippen MR) is 248 cm³/mol. The Morgan fingerprint density at radius 3 is 2.19 bits per heavy atom. The first-order valence-electron chi connectivity index (χ1n) is 21.0. The van der Waals surface area contributed by atoms with Crippen molar-refractivity contribution in [3.05, 3.63) is 204 Å². The predicted octanol–water partition coefficient (Wildman–Crippen LogP) is 16.1. The molecule has 0 radical (unpaired) electrons. The molecular weight excluding hydrogens is 719 g/mol. The van der Waals surface area contributed by atoms with Crippen LogP contribution in [-0.2, 0) is 0 Å². The molecule has 3 atom stereocenters. The fourth-order valence-corrected chi connectivity index (χ4v) is 12.2. The summed E-state index contributed by atoms with van der Waals surface area (Å²) in [7, 11) is 0. The Bertz CT molecular complexity index is 3030. The van der Waals surface area contributed by atoms with Crippen molar-refractivity contribution in [1.29, 1.82) is 0 Å². The highest BCUT2D eigenvalue weighted by molar-refractivity contribution is 7.26. The van der Waals surface area contributed by atoms with Gasteiger partial charge in [0, 0.05) is 26.7 Å². The van der Waals surface area contributed by atoms with E-state index in [-0.39, 0.29) is 0 Å². The monoisotopic (exact) mass is 761 g/mol. The number of nitrogens with zero attached hydrogens (tertiary/aromatic N) is 1. The molecular formula is C56H43NS. The van der Waals surface area contributed by atoms with E-state index in [0.717, 1.165) is 18.0 Å². The van der Waals surface area contributed by atoms with E-state index in [4.69, 9.17) is 0 Å². The number of rotatable bonds is 5. The topological polar surface area (TPSA) is 3.24 Å². The molecule has 0 saturated heterocycles. The fraction of sp³-hybridized carbons (Fsp3) is 0.143. The van der Waals surface area contributed by atoms with Gasteiger partial charge in [-0.25, -0.2) is 0 Å². The van der Waals surface area contributed by atoms with E-state index in [1.807, 2.05) is 11.3 Å². The molecule has 1 aromatic heterocycles. The molecule has 58 heavy (non-hydrogen) atoms. The van der Waals surface area contributed by atoms with Crippen LogP contribution in [0.1, 0.15) is 72.3 Å². The van der Waals surface area contributed by atoms with E-state index in [2.05, 4.69) is 188 Å². The lowest BCUT2D eigenvalue weighted by Crippen LogP contribution is -2.22. The molecule has 4 aliphatic rings. The van der Waals surface area contributed by atoms with Crippen LogP contribution in [0.15, 0.2) is 176 Å². The van der Waals surface area contributed by atoms with Crippen molar-refractivity contribution in [2.24, 2.45) is 5.92 Å². The van der Waals surface area contributed by atoms with Crippen LogP contribution in [0.25, 0.3) is 59.1 Å². The van der Waals surface area contributed by atoms with Gasteiger partial charge in [-0.15, -0.1) is 11.3 Å². The lowest BCUT2D eigenvalue weighted by molar-refractivity contribution is 0.306. The third kappa shape index (κ3) is 5.21. The summed E-state index contributed by atoms with van der Waals surface area (Å²) < 4.78 is 2.61. The highest BCUT2D eigenvalue weighted by atomic mass is 32.1. The standard InChI is InChI=1S/C56H43NS/c1-35-24-31-42-45-17-10-18-46-47-19-9-16-44(55(47)50(42)34-35)41-32-27-37(28-33-48(41)54(45)46)36-25-29-39(30-26-36)57(51-21-7-5-14-40(51)38-12-3-2-4-13-38)52-22-11-20-49-43-15-6-8-23-53(43)58-56(49)52/h2-23,25-30,32,35,42,50H,24,31,33-34H2,1H3/t35-,42?,50?/m1/s1. The number of thiophene rings is 1. The molecule has 1 nitrogen and oxygen atoms in total. The van der Waals surface area contributed by atoms with Crippen molar-refractivity contribution in [3.8, 4) is 22.3 Å². The fourth-order valence-electron chi connectivity index (χ4n) is 11.0. The smallest absolute Gasteiger partial charge is 0.0640 e. The molecule has 1 fully saturated rings. The van der Waals surface area contributed by atoms with Gasteiger partial charge in [0.05, 0.1) is 16.1 Å². The largest absolute Gasteiger partial charge is 0.308 e. The van der Waals surface area contributed by atoms with Crippen LogP contribution in [0, 0.1) is 5.92 Å². The lowest BCUT2D eigenvalue weighted by Gasteiger charge is -2.38. The molecule has 4 aliphatic carbocycles. The summed E-state index contributed by atoms with van der Waals surface area (Å²) >= 11 is 1.88. The summed E-state index contributed by atoms with van der Waals surface area (Å²) in [5.74, 6) is 1.93. The third-order valence-electron chi connectivity index (χ3n) is 13.6. The van der Waals surface area contributed by atoms with Gasteiger partial charge >= 0.3 is 0 Å². The van der Waals surface area contributed by atoms with Gasteiger partial charge < -0.3 is 4.90 Å². The lowest BCUT2D eigenvalue weighted by atomic mass is 9.66. The molecule has 0 aliphatic heterocycles. The Labute approximate surface area is 344 Å². The normalized spacial score (nSPS) is 19.0. The maximum absolute atomic E-state index is 2.49. The maximum Gasteiger partial charge on any atom is 0.0640 e. The Kier molecular flexibility index (Phi) is 7.85. The molecule has 12 rings (SSSR count). The van der Waals surface area contributed by atoms with Crippen molar-refractivity contribution < 1.29 is 0 Å². The van der Waals surface area contributed by atoms with Crippen LogP contribution in [0.4, 0.5) is 17.1 Å². The Morgan fingerprint density at radius 2 is 1.28 bits per heavy atom. The van der Waals surface area contributed by atoms with Gasteiger partial charge in [0.2, 0.25) is 0 Å². The number of allylic oxidation sites excluding steroid dienone is 6. The molecule has 6 bridgehead atoms. The second kappa shape index (κ2) is 13.4. The van der Waals surface area contributed by atoms with E-state index in [9.17, 15) is 0 Å². The van der Waals surface area contributed by atoms with E-state index < -0.39 is 0 Å². The van der Waals surface area contributed by atoms with Crippen molar-refractivity contribution in [3.63, 3.8) is 0 Å². The number of hydrogen-bond acceptors (Lipinski definition) is 2. The summed E-state index contributed by atoms with van der Waals surface area (Å²) in [5, 5.41) is 2.61. The van der Waals surface area contributed by atoms with E-state index in [1.54, 1.807) is 11.1 Å². The first-order chi connectivity index (χ1) is 28.7. The molecule has 2 heteroatoms. The zero-order valence-corrected chi connectivity index (χ0v) is 33.5. The molecule has 7 aromatic carbocycles. The van der Waals surface area contributed by atoms with Gasteiger partial charge in [-0.1, -0.05) is 159 Å². The van der Waals surface area contributed by atoms with Crippen molar-refractivity contribution in [1.82, 2.24) is 0 Å². The van der Waals surface area contributed by atoms with Crippen molar-refractivity contribution in [2.45, 2.75) is 44.4 Å². The molecule has 1 heterocycles. The van der Waals surface area contributed by atoms with Gasteiger partial charge in [0.15, 0.2) is 0 Å². The first-order valence-corrected chi connectivity index (χ1v) is 21.8. The van der Waals surface area contributed by atoms with Gasteiger partial charge in [0.25, 0.3) is 0 Å². The molecule has 1 saturated carbocycles. The van der Waals surface area contributed by atoms with Crippen LogP contribution < -0.4 is 4.90 Å². The minimum absolute atomic E-state index is 0.577. The maximum atomic E-state index is 2.49. The number of anilines is 3. The quantitative estimate of drug-likeness (QED) is 0.169. The minimum atomic E-state index is 0.577. The average molecular weight is 762 g/mol. The molecule has 0 amide bonds. The number of fused-ring (bicyclic) bond motifs is 6. The average Bonchev–Trinajstić information content (AvgIpc) is 3.46. The highest BCUT2D eigenvalue weighted by Gasteiger charge is 2.41. The van der Waals surface area contributed by atoms with Gasteiger partial charge in [-0.3, -0.25) is 0 Å². The highest BCUT2D eigenvalue weighted by Crippen LogP contribution is 2.59. The van der Waals surface area contributed by atoms with Crippen LogP contribution >= 0.6 is 11.3 Å². The van der Waals surface area contributed by atoms with Crippen molar-refractivity contribution >= 4 is 65.3 Å². The Morgan fingerprint density at radius 1 is 0.552 bits per heavy atom. The molecule has 8 aromatic rings. The van der Waals surface area contributed by atoms with Crippen LogP contribution in [0.2, 0.25) is 0 Å². The molecule has 2 unspecified atom stereocenters. The zero-order valence-electron chi connectivity index (χ0n) is 32.7. The van der Waals surface area contributed by atoms with E-state index >= 15 is 0 Å². The summed E-state index contributed by atoms with van der Waals surface area (Å²) in [6, 6.07) is 58.9. The summed E-state index contributed by atoms with van der Waals surface area (Å²) in [5.41, 5.74) is 20.5. The van der Waals surface area contributed by atoms with Gasteiger partial charge in [0.1, 0.15) is 0 Å². The summed E-state index contributed by atoms with van der Waals surface area (Å²) in [6.07, 6.45) is 12.1.